The number of carboxylic acid groups (broad SMARTS) is 1. The maximum Gasteiger partial charge on any atom is 0.336 e. The summed E-state index contributed by atoms with van der Waals surface area (Å²) in [7, 11) is 0. The highest BCUT2D eigenvalue weighted by atomic mass is 16.4. The zero-order chi connectivity index (χ0) is 15.1. The van der Waals surface area contributed by atoms with Crippen molar-refractivity contribution in [3.05, 3.63) is 65.9 Å². The van der Waals surface area contributed by atoms with Gasteiger partial charge in [-0.25, -0.2) is 4.79 Å². The van der Waals surface area contributed by atoms with Crippen LogP contribution in [-0.4, -0.2) is 16.1 Å². The number of benzene rings is 2. The zero-order valence-corrected chi connectivity index (χ0v) is 12.0. The van der Waals surface area contributed by atoms with Gasteiger partial charge in [-0.3, -0.25) is 4.98 Å². The molecule has 22 heavy (non-hydrogen) atoms. The lowest BCUT2D eigenvalue weighted by molar-refractivity contribution is 0.0699. The average molecular weight is 289 g/mol. The van der Waals surface area contributed by atoms with Gasteiger partial charge < -0.3 is 5.11 Å². The maximum atomic E-state index is 11.5. The molecule has 0 saturated heterocycles. The molecule has 108 valence electrons. The fourth-order valence-corrected chi connectivity index (χ4v) is 2.82. The molecule has 0 amide bonds. The largest absolute Gasteiger partial charge is 0.478 e. The van der Waals surface area contributed by atoms with E-state index in [9.17, 15) is 9.90 Å². The molecule has 1 fully saturated rings. The van der Waals surface area contributed by atoms with Crippen molar-refractivity contribution >= 4 is 16.9 Å². The molecular weight excluding hydrogens is 274 g/mol. The summed E-state index contributed by atoms with van der Waals surface area (Å²) in [4.78, 5) is 16.2. The molecule has 1 aromatic heterocycles. The molecule has 0 spiro atoms. The number of aromatic carboxylic acids is 1. The Morgan fingerprint density at radius 2 is 1.77 bits per heavy atom. The van der Waals surface area contributed by atoms with Gasteiger partial charge in [0.25, 0.3) is 0 Å². The van der Waals surface area contributed by atoms with Gasteiger partial charge in [0.15, 0.2) is 0 Å². The Hall–Kier alpha value is -2.68. The first kappa shape index (κ1) is 13.0. The van der Waals surface area contributed by atoms with Crippen LogP contribution in [0.5, 0.6) is 0 Å². The Balaban J connectivity index is 1.93. The quantitative estimate of drug-likeness (QED) is 0.773. The van der Waals surface area contributed by atoms with E-state index in [-0.39, 0.29) is 0 Å². The highest BCUT2D eigenvalue weighted by Gasteiger charge is 2.27. The van der Waals surface area contributed by atoms with Crippen LogP contribution in [0.25, 0.3) is 22.0 Å². The van der Waals surface area contributed by atoms with E-state index in [2.05, 4.69) is 0 Å². The van der Waals surface area contributed by atoms with Gasteiger partial charge >= 0.3 is 5.97 Å². The third-order valence-electron chi connectivity index (χ3n) is 4.16. The van der Waals surface area contributed by atoms with Gasteiger partial charge in [-0.05, 0) is 36.1 Å². The molecule has 3 heteroatoms. The maximum absolute atomic E-state index is 11.5. The summed E-state index contributed by atoms with van der Waals surface area (Å²) in [5.41, 5.74) is 4.20. The molecule has 1 saturated carbocycles. The van der Waals surface area contributed by atoms with Crippen LogP contribution in [0.4, 0.5) is 0 Å². The van der Waals surface area contributed by atoms with Crippen molar-refractivity contribution in [1.82, 2.24) is 4.98 Å². The zero-order valence-electron chi connectivity index (χ0n) is 12.0. The highest BCUT2D eigenvalue weighted by Crippen LogP contribution is 2.40. The van der Waals surface area contributed by atoms with E-state index in [0.29, 0.717) is 16.9 Å². The van der Waals surface area contributed by atoms with E-state index in [1.807, 2.05) is 48.5 Å². The van der Waals surface area contributed by atoms with E-state index >= 15 is 0 Å². The number of aromatic nitrogens is 1. The van der Waals surface area contributed by atoms with Crippen LogP contribution in [0.3, 0.4) is 0 Å². The molecule has 0 atom stereocenters. The third kappa shape index (κ3) is 2.25. The van der Waals surface area contributed by atoms with Crippen LogP contribution >= 0.6 is 0 Å². The second-order valence-corrected chi connectivity index (χ2v) is 5.77. The Kier molecular flexibility index (Phi) is 2.93. The number of rotatable bonds is 3. The van der Waals surface area contributed by atoms with Crippen LogP contribution in [0.15, 0.2) is 54.6 Å². The van der Waals surface area contributed by atoms with Gasteiger partial charge in [0.1, 0.15) is 0 Å². The first-order valence-electron chi connectivity index (χ1n) is 7.46. The summed E-state index contributed by atoms with van der Waals surface area (Å²) in [6, 6.07) is 17.6. The van der Waals surface area contributed by atoms with Crippen molar-refractivity contribution in [2.24, 2.45) is 0 Å². The SMILES string of the molecule is O=C(O)c1cc(C2CC2)nc2cc(-c3ccccc3)ccc12. The summed E-state index contributed by atoms with van der Waals surface area (Å²) >= 11 is 0. The van der Waals surface area contributed by atoms with Gasteiger partial charge in [0, 0.05) is 17.0 Å². The Bertz CT molecular complexity index is 867. The lowest BCUT2D eigenvalue weighted by Gasteiger charge is -2.08. The summed E-state index contributed by atoms with van der Waals surface area (Å²) in [5, 5.41) is 10.2. The lowest BCUT2D eigenvalue weighted by atomic mass is 10.0. The van der Waals surface area contributed by atoms with Crippen LogP contribution in [0.1, 0.15) is 34.8 Å². The fraction of sp³-hybridized carbons (Fsp3) is 0.158. The molecule has 1 aliphatic rings. The number of carboxylic acids is 1. The van der Waals surface area contributed by atoms with Gasteiger partial charge in [-0.15, -0.1) is 0 Å². The molecule has 0 bridgehead atoms. The Morgan fingerprint density at radius 3 is 2.45 bits per heavy atom. The average Bonchev–Trinajstić information content (AvgIpc) is 3.39. The van der Waals surface area contributed by atoms with E-state index in [4.69, 9.17) is 4.98 Å². The number of fused-ring (bicyclic) bond motifs is 1. The van der Waals surface area contributed by atoms with Crippen LogP contribution in [0, 0.1) is 0 Å². The lowest BCUT2D eigenvalue weighted by Crippen LogP contribution is -2.01. The second kappa shape index (κ2) is 4.95. The first-order chi connectivity index (χ1) is 10.7. The molecule has 3 aromatic rings. The minimum atomic E-state index is -0.887. The molecule has 4 rings (SSSR count). The number of pyridine rings is 1. The molecule has 0 aliphatic heterocycles. The standard InChI is InChI=1S/C19H15NO2/c21-19(22)16-11-17(13-6-7-13)20-18-10-14(8-9-15(16)18)12-4-2-1-3-5-12/h1-5,8-11,13H,6-7H2,(H,21,22). The van der Waals surface area contributed by atoms with Crippen molar-refractivity contribution in [3.8, 4) is 11.1 Å². The number of hydrogen-bond donors (Lipinski definition) is 1. The van der Waals surface area contributed by atoms with Gasteiger partial charge in [0.05, 0.1) is 11.1 Å². The number of hydrogen-bond acceptors (Lipinski definition) is 2. The van der Waals surface area contributed by atoms with Crippen LogP contribution in [-0.2, 0) is 0 Å². The Morgan fingerprint density at radius 1 is 1.00 bits per heavy atom. The van der Waals surface area contributed by atoms with Crippen molar-refractivity contribution < 1.29 is 9.90 Å². The molecule has 3 nitrogen and oxygen atoms in total. The molecule has 0 radical (unpaired) electrons. The molecule has 2 aromatic carbocycles. The topological polar surface area (TPSA) is 50.2 Å². The van der Waals surface area contributed by atoms with Crippen LogP contribution in [0.2, 0.25) is 0 Å². The van der Waals surface area contributed by atoms with Gasteiger partial charge in [-0.1, -0.05) is 42.5 Å². The summed E-state index contributed by atoms with van der Waals surface area (Å²) < 4.78 is 0. The smallest absolute Gasteiger partial charge is 0.336 e. The summed E-state index contributed by atoms with van der Waals surface area (Å²) in [5.74, 6) is -0.454. The second-order valence-electron chi connectivity index (χ2n) is 5.77. The van der Waals surface area contributed by atoms with Gasteiger partial charge in [0.2, 0.25) is 0 Å². The van der Waals surface area contributed by atoms with E-state index < -0.39 is 5.97 Å². The predicted octanol–water partition coefficient (Wildman–Crippen LogP) is 4.48. The van der Waals surface area contributed by atoms with Crippen molar-refractivity contribution in [1.29, 1.82) is 0 Å². The Labute approximate surface area is 128 Å². The van der Waals surface area contributed by atoms with E-state index in [1.54, 1.807) is 6.07 Å². The van der Waals surface area contributed by atoms with Crippen molar-refractivity contribution in [2.75, 3.05) is 0 Å². The van der Waals surface area contributed by atoms with Crippen LogP contribution < -0.4 is 0 Å². The summed E-state index contributed by atoms with van der Waals surface area (Å²) in [6.07, 6.45) is 2.21. The highest BCUT2D eigenvalue weighted by molar-refractivity contribution is 6.03. The number of nitrogens with zero attached hydrogens (tertiary/aromatic N) is 1. The van der Waals surface area contributed by atoms with Gasteiger partial charge in [-0.2, -0.15) is 0 Å². The summed E-state index contributed by atoms with van der Waals surface area (Å²) in [6.45, 7) is 0. The molecule has 1 aliphatic carbocycles. The molecule has 0 unspecified atom stereocenters. The molecule has 1 N–H and O–H groups in total. The van der Waals surface area contributed by atoms with Crippen molar-refractivity contribution in [3.63, 3.8) is 0 Å². The van der Waals surface area contributed by atoms with E-state index in [0.717, 1.165) is 35.2 Å². The number of carbonyl (C=O) groups is 1. The van der Waals surface area contributed by atoms with Crippen molar-refractivity contribution in [2.45, 2.75) is 18.8 Å². The monoisotopic (exact) mass is 289 g/mol. The minimum Gasteiger partial charge on any atom is -0.478 e. The molecule has 1 heterocycles. The fourth-order valence-electron chi connectivity index (χ4n) is 2.82. The first-order valence-corrected chi connectivity index (χ1v) is 7.46. The molecular formula is C19H15NO2. The minimum absolute atomic E-state index is 0.353. The third-order valence-corrected chi connectivity index (χ3v) is 4.16. The normalized spacial score (nSPS) is 14.2. The predicted molar refractivity (Wildman–Crippen MR) is 86.1 cm³/mol. The van der Waals surface area contributed by atoms with E-state index in [1.165, 1.54) is 0 Å².